The summed E-state index contributed by atoms with van der Waals surface area (Å²) in [5.41, 5.74) is 1.70. The standard InChI is InChI=1S/C21H30N4O2S/c1-17-20(21(27)25(23(17)2)18-10-6-5-7-11-18)22-19(26)16-28-15-14-24-12-8-3-4-9-13-24/h5-7,10-11H,3-4,8-9,12-16H2,1-2H3,(H,22,26). The molecule has 1 aromatic heterocycles. The molecule has 0 radical (unpaired) electrons. The summed E-state index contributed by atoms with van der Waals surface area (Å²) >= 11 is 1.63. The van der Waals surface area contributed by atoms with E-state index in [1.54, 1.807) is 21.1 Å². The van der Waals surface area contributed by atoms with Gasteiger partial charge in [-0.1, -0.05) is 31.0 Å². The van der Waals surface area contributed by atoms with E-state index >= 15 is 0 Å². The lowest BCUT2D eigenvalue weighted by Gasteiger charge is -2.19. The van der Waals surface area contributed by atoms with Gasteiger partial charge in [-0.25, -0.2) is 4.68 Å². The molecule has 2 aromatic rings. The second-order valence-corrected chi connectivity index (χ2v) is 8.40. The quantitative estimate of drug-likeness (QED) is 0.723. The highest BCUT2D eigenvalue weighted by Crippen LogP contribution is 2.15. The van der Waals surface area contributed by atoms with Crippen LogP contribution in [0, 0.1) is 6.92 Å². The van der Waals surface area contributed by atoms with Crippen molar-refractivity contribution < 1.29 is 4.79 Å². The lowest BCUT2D eigenvalue weighted by atomic mass is 10.2. The molecule has 1 N–H and O–H groups in total. The predicted molar refractivity (Wildman–Crippen MR) is 117 cm³/mol. The van der Waals surface area contributed by atoms with E-state index in [2.05, 4.69) is 10.2 Å². The highest BCUT2D eigenvalue weighted by molar-refractivity contribution is 7.99. The zero-order valence-electron chi connectivity index (χ0n) is 16.8. The fourth-order valence-corrected chi connectivity index (χ4v) is 4.40. The molecule has 1 aliphatic heterocycles. The summed E-state index contributed by atoms with van der Waals surface area (Å²) in [5.74, 6) is 1.19. The topological polar surface area (TPSA) is 59.3 Å². The molecule has 0 saturated carbocycles. The predicted octanol–water partition coefficient (Wildman–Crippen LogP) is 3.03. The first kappa shape index (κ1) is 20.7. The number of anilines is 1. The Hall–Kier alpha value is -1.99. The minimum atomic E-state index is -0.200. The number of rotatable bonds is 7. The Bertz CT molecular complexity index is 836. The van der Waals surface area contributed by atoms with Gasteiger partial charge in [0, 0.05) is 19.3 Å². The van der Waals surface area contributed by atoms with E-state index in [9.17, 15) is 9.59 Å². The Kier molecular flexibility index (Phi) is 7.39. The molecule has 1 aliphatic rings. The average molecular weight is 403 g/mol. The molecule has 1 fully saturated rings. The fourth-order valence-electron chi connectivity index (χ4n) is 3.61. The maximum atomic E-state index is 12.8. The molecular formula is C21H30N4O2S. The highest BCUT2D eigenvalue weighted by Gasteiger charge is 2.18. The van der Waals surface area contributed by atoms with Crippen molar-refractivity contribution >= 4 is 23.4 Å². The maximum Gasteiger partial charge on any atom is 0.295 e. The number of para-hydroxylation sites is 1. The minimum Gasteiger partial charge on any atom is -0.319 e. The summed E-state index contributed by atoms with van der Waals surface area (Å²) in [6.07, 6.45) is 5.24. The normalized spacial score (nSPS) is 15.4. The Labute approximate surface area is 170 Å². The summed E-state index contributed by atoms with van der Waals surface area (Å²) in [7, 11) is 1.83. The molecule has 152 valence electrons. The molecule has 0 spiro atoms. The molecular weight excluding hydrogens is 372 g/mol. The molecule has 1 saturated heterocycles. The molecule has 1 aromatic carbocycles. The van der Waals surface area contributed by atoms with Crippen LogP contribution in [-0.2, 0) is 11.8 Å². The molecule has 2 heterocycles. The van der Waals surface area contributed by atoms with Crippen molar-refractivity contribution in [2.45, 2.75) is 32.6 Å². The van der Waals surface area contributed by atoms with Crippen LogP contribution in [0.1, 0.15) is 31.4 Å². The first-order valence-electron chi connectivity index (χ1n) is 10.0. The van der Waals surface area contributed by atoms with Gasteiger partial charge in [-0.15, -0.1) is 0 Å². The Balaban J connectivity index is 1.55. The molecule has 28 heavy (non-hydrogen) atoms. The summed E-state index contributed by atoms with van der Waals surface area (Å²) in [6, 6.07) is 9.46. The van der Waals surface area contributed by atoms with Crippen molar-refractivity contribution in [3.05, 3.63) is 46.4 Å². The van der Waals surface area contributed by atoms with Gasteiger partial charge in [0.05, 0.1) is 17.1 Å². The van der Waals surface area contributed by atoms with Crippen molar-refractivity contribution in [3.63, 3.8) is 0 Å². The molecule has 6 nitrogen and oxygen atoms in total. The van der Waals surface area contributed by atoms with Gasteiger partial charge in [0.2, 0.25) is 5.91 Å². The molecule has 1 amide bonds. The lowest BCUT2D eigenvalue weighted by molar-refractivity contribution is -0.113. The monoisotopic (exact) mass is 402 g/mol. The van der Waals surface area contributed by atoms with Crippen molar-refractivity contribution in [3.8, 4) is 5.69 Å². The van der Waals surface area contributed by atoms with Gasteiger partial charge >= 0.3 is 0 Å². The number of nitrogens with one attached hydrogen (secondary N) is 1. The van der Waals surface area contributed by atoms with Crippen LogP contribution in [0.2, 0.25) is 0 Å². The molecule has 7 heteroatoms. The average Bonchev–Trinajstić information content (AvgIpc) is 2.90. The third-order valence-electron chi connectivity index (χ3n) is 5.30. The number of hydrogen-bond donors (Lipinski definition) is 1. The third-order valence-corrected chi connectivity index (χ3v) is 6.24. The van der Waals surface area contributed by atoms with Crippen LogP contribution >= 0.6 is 11.8 Å². The summed E-state index contributed by atoms with van der Waals surface area (Å²) in [6.45, 7) is 5.23. The number of hydrogen-bond acceptors (Lipinski definition) is 4. The number of benzene rings is 1. The van der Waals surface area contributed by atoms with Gasteiger partial charge in [-0.3, -0.25) is 14.3 Å². The van der Waals surface area contributed by atoms with Crippen molar-refractivity contribution in [1.29, 1.82) is 0 Å². The van der Waals surface area contributed by atoms with Gasteiger partial charge < -0.3 is 10.2 Å². The number of amides is 1. The molecule has 3 rings (SSSR count). The van der Waals surface area contributed by atoms with Crippen molar-refractivity contribution in [2.24, 2.45) is 7.05 Å². The van der Waals surface area contributed by atoms with Crippen LogP contribution < -0.4 is 10.9 Å². The first-order chi connectivity index (χ1) is 13.6. The van der Waals surface area contributed by atoms with Crippen molar-refractivity contribution in [1.82, 2.24) is 14.3 Å². The highest BCUT2D eigenvalue weighted by atomic mass is 32.2. The molecule has 0 aliphatic carbocycles. The second-order valence-electron chi connectivity index (χ2n) is 7.29. The minimum absolute atomic E-state index is 0.119. The van der Waals surface area contributed by atoms with Crippen LogP contribution in [0.4, 0.5) is 5.69 Å². The molecule has 0 unspecified atom stereocenters. The van der Waals surface area contributed by atoms with Gasteiger partial charge in [-0.05, 0) is 45.0 Å². The van der Waals surface area contributed by atoms with E-state index < -0.39 is 0 Å². The van der Waals surface area contributed by atoms with Crippen LogP contribution in [0.15, 0.2) is 35.1 Å². The maximum absolute atomic E-state index is 12.8. The number of thioether (sulfide) groups is 1. The number of carbonyl (C=O) groups is 1. The van der Waals surface area contributed by atoms with Gasteiger partial charge in [0.15, 0.2) is 0 Å². The largest absolute Gasteiger partial charge is 0.319 e. The first-order valence-corrected chi connectivity index (χ1v) is 11.2. The molecule has 0 bridgehead atoms. The Morgan fingerprint density at radius 3 is 2.46 bits per heavy atom. The van der Waals surface area contributed by atoms with E-state index in [-0.39, 0.29) is 11.5 Å². The van der Waals surface area contributed by atoms with Crippen molar-refractivity contribution in [2.75, 3.05) is 36.5 Å². The van der Waals surface area contributed by atoms with Crippen LogP contribution in [0.5, 0.6) is 0 Å². The zero-order chi connectivity index (χ0) is 19.9. The zero-order valence-corrected chi connectivity index (χ0v) is 17.6. The Morgan fingerprint density at radius 1 is 1.11 bits per heavy atom. The summed E-state index contributed by atoms with van der Waals surface area (Å²) in [4.78, 5) is 27.7. The summed E-state index contributed by atoms with van der Waals surface area (Å²) < 4.78 is 3.36. The smallest absolute Gasteiger partial charge is 0.295 e. The van der Waals surface area contributed by atoms with E-state index in [1.165, 1.54) is 38.8 Å². The molecule has 0 atom stereocenters. The van der Waals surface area contributed by atoms with Crippen LogP contribution in [-0.4, -0.2) is 51.3 Å². The van der Waals surface area contributed by atoms with E-state index in [0.717, 1.165) is 23.7 Å². The second kappa shape index (κ2) is 9.98. The SMILES string of the molecule is Cc1c(NC(=O)CSCCN2CCCCCC2)c(=O)n(-c2ccccc2)n1C. The van der Waals surface area contributed by atoms with Gasteiger partial charge in [-0.2, -0.15) is 11.8 Å². The fraction of sp³-hybridized carbons (Fsp3) is 0.524. The van der Waals surface area contributed by atoms with E-state index in [1.807, 2.05) is 44.3 Å². The van der Waals surface area contributed by atoms with E-state index in [4.69, 9.17) is 0 Å². The number of aromatic nitrogens is 2. The number of likely N-dealkylation sites (tertiary alicyclic amines) is 1. The summed E-state index contributed by atoms with van der Waals surface area (Å²) in [5, 5.41) is 2.83. The van der Waals surface area contributed by atoms with Crippen LogP contribution in [0.25, 0.3) is 5.69 Å². The number of carbonyl (C=O) groups excluding carboxylic acids is 1. The van der Waals surface area contributed by atoms with Gasteiger partial charge in [0.1, 0.15) is 5.69 Å². The van der Waals surface area contributed by atoms with Crippen LogP contribution in [0.3, 0.4) is 0 Å². The van der Waals surface area contributed by atoms with E-state index in [0.29, 0.717) is 11.4 Å². The third kappa shape index (κ3) is 5.08. The Morgan fingerprint density at radius 2 is 1.79 bits per heavy atom. The lowest BCUT2D eigenvalue weighted by Crippen LogP contribution is -2.27. The van der Waals surface area contributed by atoms with Gasteiger partial charge in [0.25, 0.3) is 5.56 Å². The number of nitrogens with zero attached hydrogens (tertiary/aromatic N) is 3.